The van der Waals surface area contributed by atoms with Crippen LogP contribution in [0.4, 0.5) is 14.9 Å². The molecule has 6 heteroatoms. The van der Waals surface area contributed by atoms with Gasteiger partial charge < -0.3 is 15.0 Å². The summed E-state index contributed by atoms with van der Waals surface area (Å²) in [6, 6.07) is 12.3. The molecule has 1 aromatic heterocycles. The molecule has 32 heavy (non-hydrogen) atoms. The molecular formula is C26H27FN2O2S. The average Bonchev–Trinajstić information content (AvgIpc) is 3.19. The lowest BCUT2D eigenvalue weighted by molar-refractivity contribution is 0.194. The molecule has 1 N–H and O–H groups in total. The van der Waals surface area contributed by atoms with Gasteiger partial charge in [-0.15, -0.1) is 11.3 Å². The number of aryl methyl sites for hydroxylation is 2. The number of urea groups is 1. The van der Waals surface area contributed by atoms with Gasteiger partial charge in [0.05, 0.1) is 13.2 Å². The molecule has 0 unspecified atom stereocenters. The van der Waals surface area contributed by atoms with E-state index in [1.54, 1.807) is 26.2 Å². The molecule has 0 saturated carbocycles. The number of thiophene rings is 1. The van der Waals surface area contributed by atoms with Gasteiger partial charge in [0.1, 0.15) is 11.6 Å². The van der Waals surface area contributed by atoms with Gasteiger partial charge in [-0.25, -0.2) is 9.18 Å². The van der Waals surface area contributed by atoms with Crippen LogP contribution < -0.4 is 10.1 Å². The number of nitrogens with zero attached hydrogens (tertiary/aromatic N) is 1. The van der Waals surface area contributed by atoms with E-state index in [9.17, 15) is 9.18 Å². The monoisotopic (exact) mass is 450 g/mol. The first-order chi connectivity index (χ1) is 15.6. The lowest BCUT2D eigenvalue weighted by Gasteiger charge is -2.37. The second-order valence-electron chi connectivity index (χ2n) is 8.54. The van der Waals surface area contributed by atoms with Crippen molar-refractivity contribution in [2.45, 2.75) is 45.1 Å². The van der Waals surface area contributed by atoms with Crippen molar-refractivity contribution < 1.29 is 13.9 Å². The maximum absolute atomic E-state index is 14.1. The van der Waals surface area contributed by atoms with Crippen LogP contribution in [0.1, 0.15) is 50.9 Å². The zero-order valence-corrected chi connectivity index (χ0v) is 19.2. The summed E-state index contributed by atoms with van der Waals surface area (Å²) in [5, 5.41) is 2.92. The van der Waals surface area contributed by atoms with Gasteiger partial charge in [0.15, 0.2) is 0 Å². The van der Waals surface area contributed by atoms with E-state index >= 15 is 0 Å². The number of halogens is 1. The van der Waals surface area contributed by atoms with Gasteiger partial charge in [-0.1, -0.05) is 24.3 Å². The van der Waals surface area contributed by atoms with Gasteiger partial charge in [-0.2, -0.15) is 0 Å². The summed E-state index contributed by atoms with van der Waals surface area (Å²) in [6.07, 6.45) is 5.57. The molecule has 1 atom stereocenters. The Bertz CT molecular complexity index is 1170. The highest BCUT2D eigenvalue weighted by Crippen LogP contribution is 2.46. The molecule has 4 nitrogen and oxygen atoms in total. The number of carbonyl (C=O) groups is 1. The molecule has 166 valence electrons. The van der Waals surface area contributed by atoms with Crippen LogP contribution in [-0.4, -0.2) is 24.6 Å². The Morgan fingerprint density at radius 2 is 1.94 bits per heavy atom. The summed E-state index contributed by atoms with van der Waals surface area (Å²) in [5.74, 6) is 0.451. The van der Waals surface area contributed by atoms with E-state index in [0.717, 1.165) is 30.6 Å². The Morgan fingerprint density at radius 3 is 2.75 bits per heavy atom. The number of anilines is 1. The molecule has 1 aliphatic heterocycles. The number of nitrogens with one attached hydrogen (secondary N) is 1. The molecule has 0 bridgehead atoms. The van der Waals surface area contributed by atoms with Crippen LogP contribution in [-0.2, 0) is 19.3 Å². The van der Waals surface area contributed by atoms with Crippen molar-refractivity contribution in [1.82, 2.24) is 4.90 Å². The summed E-state index contributed by atoms with van der Waals surface area (Å²) in [5.41, 5.74) is 4.94. The maximum Gasteiger partial charge on any atom is 0.322 e. The number of hydrogen-bond donors (Lipinski definition) is 1. The Kier molecular flexibility index (Phi) is 5.64. The van der Waals surface area contributed by atoms with E-state index in [0.29, 0.717) is 17.8 Å². The van der Waals surface area contributed by atoms with Gasteiger partial charge >= 0.3 is 6.03 Å². The molecule has 0 spiro atoms. The quantitative estimate of drug-likeness (QED) is 0.511. The molecule has 5 rings (SSSR count). The Hall–Kier alpha value is -2.86. The first-order valence-corrected chi connectivity index (χ1v) is 12.0. The molecule has 0 radical (unpaired) electrons. The number of carbonyl (C=O) groups excluding carboxylic acids is 1. The first-order valence-electron chi connectivity index (χ1n) is 11.2. The van der Waals surface area contributed by atoms with Crippen molar-refractivity contribution in [3.05, 3.63) is 80.3 Å². The number of ether oxygens (including phenoxy) is 1. The minimum absolute atomic E-state index is 0.221. The smallest absolute Gasteiger partial charge is 0.322 e. The van der Waals surface area contributed by atoms with Crippen molar-refractivity contribution >= 4 is 23.1 Å². The lowest BCUT2D eigenvalue weighted by Crippen LogP contribution is -2.42. The molecule has 1 aliphatic carbocycles. The number of amides is 2. The highest BCUT2D eigenvalue weighted by Gasteiger charge is 2.37. The van der Waals surface area contributed by atoms with Crippen LogP contribution in [0.25, 0.3) is 0 Å². The van der Waals surface area contributed by atoms with E-state index in [4.69, 9.17) is 4.74 Å². The number of hydrogen-bond acceptors (Lipinski definition) is 3. The van der Waals surface area contributed by atoms with Crippen molar-refractivity contribution in [2.24, 2.45) is 0 Å². The van der Waals surface area contributed by atoms with Crippen molar-refractivity contribution in [3.8, 4) is 5.75 Å². The summed E-state index contributed by atoms with van der Waals surface area (Å²) in [7, 11) is 1.67. The van der Waals surface area contributed by atoms with E-state index in [2.05, 4.69) is 5.32 Å². The largest absolute Gasteiger partial charge is 0.496 e. The minimum Gasteiger partial charge on any atom is -0.496 e. The van der Waals surface area contributed by atoms with E-state index in [1.807, 2.05) is 40.5 Å². The van der Waals surface area contributed by atoms with E-state index in [-0.39, 0.29) is 17.9 Å². The third kappa shape index (κ3) is 3.66. The molecular weight excluding hydrogens is 423 g/mol. The molecule has 2 aromatic carbocycles. The number of benzene rings is 2. The Balaban J connectivity index is 1.56. The Morgan fingerprint density at radius 1 is 1.12 bits per heavy atom. The second kappa shape index (κ2) is 8.58. The van der Waals surface area contributed by atoms with Crippen molar-refractivity contribution in [2.75, 3.05) is 19.0 Å². The lowest BCUT2D eigenvalue weighted by atomic mass is 9.88. The fourth-order valence-electron chi connectivity index (χ4n) is 4.94. The topological polar surface area (TPSA) is 41.6 Å². The third-order valence-electron chi connectivity index (χ3n) is 6.59. The van der Waals surface area contributed by atoms with Crippen molar-refractivity contribution in [1.29, 1.82) is 0 Å². The van der Waals surface area contributed by atoms with Crippen LogP contribution >= 0.6 is 11.3 Å². The second-order valence-corrected chi connectivity index (χ2v) is 9.67. The van der Waals surface area contributed by atoms with E-state index in [1.165, 1.54) is 39.8 Å². The molecule has 2 heterocycles. The molecule has 3 aromatic rings. The van der Waals surface area contributed by atoms with Crippen LogP contribution in [0.2, 0.25) is 0 Å². The van der Waals surface area contributed by atoms with Gasteiger partial charge in [0.2, 0.25) is 0 Å². The van der Waals surface area contributed by atoms with Crippen LogP contribution in [0.15, 0.2) is 42.5 Å². The minimum atomic E-state index is -0.323. The standard InChI is InChI=1S/C26H27FN2O2S/c1-16-11-12-17(15-21(16)27)28-26(30)29-14-13-19-18-7-4-6-10-23(18)32-25(19)24(29)20-8-3-5-9-22(20)31-2/h3,5,8-9,11-12,15,24H,4,6-7,10,13-14H2,1-2H3,(H,28,30)/t24-/m0/s1. The first kappa shape index (κ1) is 21.0. The van der Waals surface area contributed by atoms with Gasteiger partial charge in [0.25, 0.3) is 0 Å². The molecule has 0 saturated heterocycles. The predicted molar refractivity (Wildman–Crippen MR) is 126 cm³/mol. The van der Waals surface area contributed by atoms with Crippen LogP contribution in [0.5, 0.6) is 5.75 Å². The van der Waals surface area contributed by atoms with Crippen molar-refractivity contribution in [3.63, 3.8) is 0 Å². The van der Waals surface area contributed by atoms with Crippen LogP contribution in [0, 0.1) is 12.7 Å². The summed E-state index contributed by atoms with van der Waals surface area (Å²) in [4.78, 5) is 18.1. The number of rotatable bonds is 3. The summed E-state index contributed by atoms with van der Waals surface area (Å²) >= 11 is 1.85. The maximum atomic E-state index is 14.1. The number of methoxy groups -OCH3 is 1. The molecule has 2 aliphatic rings. The fourth-order valence-corrected chi connectivity index (χ4v) is 6.51. The van der Waals surface area contributed by atoms with E-state index < -0.39 is 0 Å². The number of para-hydroxylation sites is 1. The zero-order chi connectivity index (χ0) is 22.2. The average molecular weight is 451 g/mol. The summed E-state index contributed by atoms with van der Waals surface area (Å²) in [6.45, 7) is 2.32. The third-order valence-corrected chi connectivity index (χ3v) is 7.98. The van der Waals surface area contributed by atoms with Gasteiger partial charge in [-0.05, 0) is 73.9 Å². The predicted octanol–water partition coefficient (Wildman–Crippen LogP) is 6.26. The normalized spacial score (nSPS) is 17.5. The Labute approximate surface area is 192 Å². The van der Waals surface area contributed by atoms with Gasteiger partial charge in [0, 0.05) is 27.5 Å². The SMILES string of the molecule is COc1ccccc1[C@H]1c2sc3c(c2CCN1C(=O)Nc1ccc(C)c(F)c1)CCCC3. The van der Waals surface area contributed by atoms with Gasteiger partial charge in [-0.3, -0.25) is 0 Å². The number of fused-ring (bicyclic) bond motifs is 3. The summed E-state index contributed by atoms with van der Waals surface area (Å²) < 4.78 is 19.7. The zero-order valence-electron chi connectivity index (χ0n) is 18.4. The highest BCUT2D eigenvalue weighted by atomic mass is 32.1. The van der Waals surface area contributed by atoms with Crippen LogP contribution in [0.3, 0.4) is 0 Å². The fraction of sp³-hybridized carbons (Fsp3) is 0.346. The highest BCUT2D eigenvalue weighted by molar-refractivity contribution is 7.12. The molecule has 0 fully saturated rings. The molecule has 2 amide bonds.